The third-order valence-corrected chi connectivity index (χ3v) is 6.23. The molecule has 0 saturated heterocycles. The van der Waals surface area contributed by atoms with Crippen LogP contribution >= 0.6 is 0 Å². The maximum Gasteiger partial charge on any atom is 0.270 e. The van der Waals surface area contributed by atoms with Crippen LogP contribution in [-0.2, 0) is 10.0 Å². The summed E-state index contributed by atoms with van der Waals surface area (Å²) in [5.74, 6) is -0.494. The second kappa shape index (κ2) is 6.99. The molecule has 1 aromatic heterocycles. The van der Waals surface area contributed by atoms with Crippen LogP contribution < -0.4 is 0 Å². The number of aromatic nitrogens is 1. The summed E-state index contributed by atoms with van der Waals surface area (Å²) in [6.45, 7) is 0. The fourth-order valence-corrected chi connectivity index (χ4v) is 4.54. The molecule has 144 valence electrons. The summed E-state index contributed by atoms with van der Waals surface area (Å²) >= 11 is 0. The molecule has 0 fully saturated rings. The van der Waals surface area contributed by atoms with E-state index in [9.17, 15) is 23.3 Å². The molecular weight excluding hydrogens is 392 g/mol. The van der Waals surface area contributed by atoms with Crippen LogP contribution in [0.2, 0.25) is 0 Å². The van der Waals surface area contributed by atoms with Crippen molar-refractivity contribution < 1.29 is 18.1 Å². The van der Waals surface area contributed by atoms with Gasteiger partial charge in [0.25, 0.3) is 15.7 Å². The van der Waals surface area contributed by atoms with Crippen molar-refractivity contribution in [3.8, 4) is 0 Å². The molecule has 0 radical (unpaired) electrons. The number of hydrogen-bond acceptors (Lipinski definition) is 5. The van der Waals surface area contributed by atoms with Gasteiger partial charge in [-0.25, -0.2) is 12.4 Å². The molecule has 3 aromatic carbocycles. The Morgan fingerprint density at radius 3 is 2.31 bits per heavy atom. The highest BCUT2D eigenvalue weighted by Crippen LogP contribution is 2.28. The number of nitrogens with zero attached hydrogens (tertiary/aromatic N) is 2. The van der Waals surface area contributed by atoms with Gasteiger partial charge in [0.05, 0.1) is 15.3 Å². The Bertz CT molecular complexity index is 1360. The molecule has 1 heterocycles. The van der Waals surface area contributed by atoms with Crippen molar-refractivity contribution in [2.45, 2.75) is 4.90 Å². The minimum absolute atomic E-state index is 0.0927. The molecular formula is C21H14N2O5S. The molecule has 0 bridgehead atoms. The van der Waals surface area contributed by atoms with Gasteiger partial charge in [-0.05, 0) is 18.2 Å². The van der Waals surface area contributed by atoms with E-state index in [0.717, 1.165) is 3.97 Å². The summed E-state index contributed by atoms with van der Waals surface area (Å²) in [5.41, 5.74) is 0.404. The van der Waals surface area contributed by atoms with E-state index in [1.165, 1.54) is 42.6 Å². The van der Waals surface area contributed by atoms with Crippen molar-refractivity contribution in [3.63, 3.8) is 0 Å². The number of nitro benzene ring substituents is 1. The lowest BCUT2D eigenvalue weighted by atomic mass is 10.0. The average Bonchev–Trinajstić information content (AvgIpc) is 3.14. The molecule has 0 aliphatic heterocycles. The lowest BCUT2D eigenvalue weighted by molar-refractivity contribution is -0.384. The number of nitro groups is 1. The number of ketones is 1. The molecule has 0 saturated carbocycles. The molecule has 0 N–H and O–H groups in total. The first-order valence-corrected chi connectivity index (χ1v) is 10.0. The van der Waals surface area contributed by atoms with Crippen molar-refractivity contribution in [1.29, 1.82) is 0 Å². The monoisotopic (exact) mass is 406 g/mol. The minimum Gasteiger partial charge on any atom is -0.289 e. The quantitative estimate of drug-likeness (QED) is 0.283. The number of fused-ring (bicyclic) bond motifs is 1. The second-order valence-corrected chi connectivity index (χ2v) is 8.13. The highest BCUT2D eigenvalue weighted by molar-refractivity contribution is 7.90. The number of carbonyl (C=O) groups is 1. The van der Waals surface area contributed by atoms with Crippen LogP contribution in [0.1, 0.15) is 15.9 Å². The van der Waals surface area contributed by atoms with Crippen LogP contribution in [0.5, 0.6) is 0 Å². The normalized spacial score (nSPS) is 11.4. The van der Waals surface area contributed by atoms with E-state index >= 15 is 0 Å². The maximum atomic E-state index is 13.1. The third kappa shape index (κ3) is 3.19. The highest BCUT2D eigenvalue weighted by Gasteiger charge is 2.24. The van der Waals surface area contributed by atoms with Gasteiger partial charge in [0.1, 0.15) is 0 Å². The van der Waals surface area contributed by atoms with Gasteiger partial charge >= 0.3 is 0 Å². The van der Waals surface area contributed by atoms with Gasteiger partial charge in [-0.2, -0.15) is 0 Å². The SMILES string of the molecule is O=C(c1cccc([N+](=O)[O-])c1)c1cn(S(=O)(=O)c2ccccc2)c2ccccc12. The lowest BCUT2D eigenvalue weighted by Crippen LogP contribution is -2.12. The third-order valence-electron chi connectivity index (χ3n) is 4.54. The van der Waals surface area contributed by atoms with Gasteiger partial charge in [-0.15, -0.1) is 0 Å². The Balaban J connectivity index is 1.91. The molecule has 0 aliphatic carbocycles. The van der Waals surface area contributed by atoms with Crippen molar-refractivity contribution >= 4 is 32.4 Å². The van der Waals surface area contributed by atoms with E-state index in [2.05, 4.69) is 0 Å². The van der Waals surface area contributed by atoms with E-state index in [0.29, 0.717) is 10.9 Å². The van der Waals surface area contributed by atoms with E-state index in [1.807, 2.05) is 0 Å². The topological polar surface area (TPSA) is 99.3 Å². The maximum absolute atomic E-state index is 13.1. The standard InChI is InChI=1S/C21H14N2O5S/c24-21(15-7-6-8-16(13-15)23(25)26)19-14-22(20-12-5-4-11-18(19)20)29(27,28)17-9-2-1-3-10-17/h1-14H. The Morgan fingerprint density at radius 2 is 1.59 bits per heavy atom. The van der Waals surface area contributed by atoms with Gasteiger partial charge < -0.3 is 0 Å². The predicted octanol–water partition coefficient (Wildman–Crippen LogP) is 4.02. The van der Waals surface area contributed by atoms with Crippen LogP contribution in [0.3, 0.4) is 0 Å². The first kappa shape index (κ1) is 18.6. The molecule has 4 aromatic rings. The number of para-hydroxylation sites is 1. The van der Waals surface area contributed by atoms with Crippen molar-refractivity contribution in [2.24, 2.45) is 0 Å². The van der Waals surface area contributed by atoms with E-state index < -0.39 is 20.7 Å². The fourth-order valence-electron chi connectivity index (χ4n) is 3.15. The first-order valence-electron chi connectivity index (χ1n) is 8.59. The van der Waals surface area contributed by atoms with Crippen LogP contribution in [-0.4, -0.2) is 23.1 Å². The van der Waals surface area contributed by atoms with Gasteiger partial charge in [-0.1, -0.05) is 48.5 Å². The van der Waals surface area contributed by atoms with Crippen LogP contribution in [0.15, 0.2) is 90.0 Å². The van der Waals surface area contributed by atoms with E-state index in [1.54, 1.807) is 42.5 Å². The predicted molar refractivity (Wildman–Crippen MR) is 107 cm³/mol. The van der Waals surface area contributed by atoms with Gasteiger partial charge in [0.2, 0.25) is 0 Å². The summed E-state index contributed by atoms with van der Waals surface area (Å²) in [5, 5.41) is 11.5. The molecule has 0 aliphatic rings. The van der Waals surface area contributed by atoms with Crippen molar-refractivity contribution in [3.05, 3.63) is 106 Å². The van der Waals surface area contributed by atoms with E-state index in [-0.39, 0.29) is 21.7 Å². The molecule has 0 unspecified atom stereocenters. The Hall–Kier alpha value is -3.78. The van der Waals surface area contributed by atoms with Gasteiger partial charge in [-0.3, -0.25) is 14.9 Å². The molecule has 0 amide bonds. The van der Waals surface area contributed by atoms with Crippen LogP contribution in [0.25, 0.3) is 10.9 Å². The molecule has 29 heavy (non-hydrogen) atoms. The zero-order valence-corrected chi connectivity index (χ0v) is 15.7. The summed E-state index contributed by atoms with van der Waals surface area (Å²) < 4.78 is 27.3. The summed E-state index contributed by atoms with van der Waals surface area (Å²) in [6, 6.07) is 19.9. The van der Waals surface area contributed by atoms with Crippen molar-refractivity contribution in [1.82, 2.24) is 3.97 Å². The second-order valence-electron chi connectivity index (χ2n) is 6.31. The Morgan fingerprint density at radius 1 is 0.897 bits per heavy atom. The molecule has 8 heteroatoms. The zero-order chi connectivity index (χ0) is 20.6. The fraction of sp³-hybridized carbons (Fsp3) is 0. The zero-order valence-electron chi connectivity index (χ0n) is 14.9. The Kier molecular flexibility index (Phi) is 4.48. The van der Waals surface area contributed by atoms with Crippen LogP contribution in [0.4, 0.5) is 5.69 Å². The lowest BCUT2D eigenvalue weighted by Gasteiger charge is -2.07. The smallest absolute Gasteiger partial charge is 0.270 e. The van der Waals surface area contributed by atoms with Crippen LogP contribution in [0, 0.1) is 10.1 Å². The minimum atomic E-state index is -3.93. The highest BCUT2D eigenvalue weighted by atomic mass is 32.2. The molecule has 7 nitrogen and oxygen atoms in total. The molecule has 0 atom stereocenters. The molecule has 0 spiro atoms. The number of benzene rings is 3. The summed E-state index contributed by atoms with van der Waals surface area (Å²) in [4.78, 5) is 23.6. The summed E-state index contributed by atoms with van der Waals surface area (Å²) in [6.07, 6.45) is 1.27. The summed E-state index contributed by atoms with van der Waals surface area (Å²) in [7, 11) is -3.93. The number of non-ortho nitro benzene ring substituents is 1. The average molecular weight is 406 g/mol. The number of carbonyl (C=O) groups excluding carboxylic acids is 1. The number of rotatable bonds is 5. The van der Waals surface area contributed by atoms with Crippen molar-refractivity contribution in [2.75, 3.05) is 0 Å². The molecule has 4 rings (SSSR count). The largest absolute Gasteiger partial charge is 0.289 e. The van der Waals surface area contributed by atoms with Gasteiger partial charge in [0, 0.05) is 34.8 Å². The van der Waals surface area contributed by atoms with Gasteiger partial charge in [0.15, 0.2) is 5.78 Å². The van der Waals surface area contributed by atoms with E-state index in [4.69, 9.17) is 0 Å². The Labute approximate surface area is 166 Å². The number of hydrogen-bond donors (Lipinski definition) is 0. The first-order chi connectivity index (χ1) is 13.9.